The number of carbonyl (C=O) groups is 2. The molecule has 0 spiro atoms. The van der Waals surface area contributed by atoms with E-state index in [1.807, 2.05) is 60.1 Å². The van der Waals surface area contributed by atoms with Gasteiger partial charge < -0.3 is 26.3 Å². The fourth-order valence-electron chi connectivity index (χ4n) is 4.07. The SMILES string of the molecule is Cl.Cn1c(-c2nc(N)ncc2C#Cc2cccc(NC(=O)Nc3ccccc3)c2)cc2c1CCNC2=O. The van der Waals surface area contributed by atoms with Crippen molar-refractivity contribution in [1.29, 1.82) is 0 Å². The standard InChI is InChI=1S/C27H23N7O2.ClH/c1-34-22-12-13-29-25(35)21(22)15-23(34)24-18(16-30-26(28)33-24)11-10-17-6-5-9-20(14-17)32-27(36)31-19-7-3-2-4-8-19;/h2-9,14-16H,12-13H2,1H3,(H,29,35)(H2,28,30,33)(H2,31,32,36);1H. The third kappa shape index (κ3) is 5.55. The number of fused-ring (bicyclic) bond motifs is 1. The summed E-state index contributed by atoms with van der Waals surface area (Å²) in [7, 11) is 1.90. The van der Waals surface area contributed by atoms with Gasteiger partial charge in [-0.3, -0.25) is 4.79 Å². The summed E-state index contributed by atoms with van der Waals surface area (Å²) >= 11 is 0. The summed E-state index contributed by atoms with van der Waals surface area (Å²) in [6.07, 6.45) is 2.31. The number of carbonyl (C=O) groups excluding carboxylic acids is 2. The quantitative estimate of drug-likeness (QED) is 0.310. The van der Waals surface area contributed by atoms with Crippen molar-refractivity contribution in [2.24, 2.45) is 7.05 Å². The van der Waals surface area contributed by atoms with Crippen LogP contribution in [0.15, 0.2) is 66.9 Å². The van der Waals surface area contributed by atoms with Gasteiger partial charge in [-0.25, -0.2) is 14.8 Å². The first-order valence-corrected chi connectivity index (χ1v) is 11.3. The van der Waals surface area contributed by atoms with Gasteiger partial charge in [-0.15, -0.1) is 12.4 Å². The highest BCUT2D eigenvalue weighted by molar-refractivity contribution is 6.00. The van der Waals surface area contributed by atoms with Crippen LogP contribution in [-0.4, -0.2) is 33.0 Å². The van der Waals surface area contributed by atoms with Gasteiger partial charge >= 0.3 is 6.03 Å². The molecule has 0 saturated heterocycles. The summed E-state index contributed by atoms with van der Waals surface area (Å²) in [5, 5.41) is 8.46. The first-order valence-electron chi connectivity index (χ1n) is 11.3. The second-order valence-corrected chi connectivity index (χ2v) is 8.22. The predicted molar refractivity (Wildman–Crippen MR) is 146 cm³/mol. The average Bonchev–Trinajstić information content (AvgIpc) is 3.21. The minimum absolute atomic E-state index is 0. The molecule has 0 atom stereocenters. The first-order chi connectivity index (χ1) is 17.5. The van der Waals surface area contributed by atoms with Crippen molar-refractivity contribution in [2.45, 2.75) is 6.42 Å². The maximum Gasteiger partial charge on any atom is 0.323 e. The van der Waals surface area contributed by atoms with Gasteiger partial charge in [-0.05, 0) is 36.4 Å². The molecule has 0 radical (unpaired) electrons. The van der Waals surface area contributed by atoms with Crippen LogP contribution in [0, 0.1) is 11.8 Å². The van der Waals surface area contributed by atoms with Crippen molar-refractivity contribution in [2.75, 3.05) is 22.9 Å². The number of nitrogens with one attached hydrogen (secondary N) is 3. The van der Waals surface area contributed by atoms with E-state index in [4.69, 9.17) is 5.73 Å². The summed E-state index contributed by atoms with van der Waals surface area (Å²) in [6.45, 7) is 0.593. The summed E-state index contributed by atoms with van der Waals surface area (Å²) in [5.74, 6) is 6.25. The number of benzene rings is 2. The Labute approximate surface area is 219 Å². The van der Waals surface area contributed by atoms with Crippen LogP contribution < -0.4 is 21.7 Å². The minimum Gasteiger partial charge on any atom is -0.368 e. The van der Waals surface area contributed by atoms with Crippen LogP contribution in [0.2, 0.25) is 0 Å². The summed E-state index contributed by atoms with van der Waals surface area (Å²) in [5.41, 5.74) is 11.3. The van der Waals surface area contributed by atoms with E-state index in [1.54, 1.807) is 18.3 Å². The van der Waals surface area contributed by atoms with Crippen molar-refractivity contribution in [1.82, 2.24) is 19.9 Å². The van der Waals surface area contributed by atoms with Gasteiger partial charge in [-0.1, -0.05) is 36.1 Å². The maximum atomic E-state index is 12.3. The Hall–Kier alpha value is -4.81. The zero-order valence-corrected chi connectivity index (χ0v) is 20.7. The fourth-order valence-corrected chi connectivity index (χ4v) is 4.07. The number of hydrogen-bond acceptors (Lipinski definition) is 5. The minimum atomic E-state index is -0.350. The maximum absolute atomic E-state index is 12.3. The van der Waals surface area contributed by atoms with E-state index >= 15 is 0 Å². The van der Waals surface area contributed by atoms with Crippen LogP contribution in [0.25, 0.3) is 11.4 Å². The van der Waals surface area contributed by atoms with Gasteiger partial charge in [0.2, 0.25) is 5.95 Å². The molecule has 3 heterocycles. The van der Waals surface area contributed by atoms with Crippen molar-refractivity contribution in [3.63, 3.8) is 0 Å². The smallest absolute Gasteiger partial charge is 0.323 e. The van der Waals surface area contributed by atoms with Crippen molar-refractivity contribution < 1.29 is 9.59 Å². The lowest BCUT2D eigenvalue weighted by atomic mass is 10.1. The van der Waals surface area contributed by atoms with E-state index in [-0.39, 0.29) is 30.3 Å². The second-order valence-electron chi connectivity index (χ2n) is 8.22. The highest BCUT2D eigenvalue weighted by Gasteiger charge is 2.24. The molecule has 5 rings (SSSR count). The van der Waals surface area contributed by atoms with Crippen LogP contribution in [0.4, 0.5) is 22.1 Å². The Bertz CT molecular complexity index is 1540. The number of aromatic nitrogens is 3. The third-order valence-corrected chi connectivity index (χ3v) is 5.79. The highest BCUT2D eigenvalue weighted by Crippen LogP contribution is 2.28. The highest BCUT2D eigenvalue weighted by atomic mass is 35.5. The molecule has 0 unspecified atom stereocenters. The van der Waals surface area contributed by atoms with Crippen LogP contribution in [0.5, 0.6) is 0 Å². The summed E-state index contributed by atoms with van der Waals surface area (Å²) in [4.78, 5) is 33.2. The number of amides is 3. The molecule has 0 saturated carbocycles. The Kier molecular flexibility index (Phi) is 7.41. The van der Waals surface area contributed by atoms with Crippen molar-refractivity contribution in [3.8, 4) is 23.2 Å². The molecule has 4 aromatic rings. The first kappa shape index (κ1) is 25.3. The van der Waals surface area contributed by atoms with Crippen LogP contribution in [0.1, 0.15) is 27.2 Å². The normalized spacial score (nSPS) is 11.8. The fraction of sp³-hybridized carbons (Fsp3) is 0.111. The average molecular weight is 514 g/mol. The molecule has 0 bridgehead atoms. The molecule has 37 heavy (non-hydrogen) atoms. The molecule has 2 aromatic heterocycles. The number of anilines is 3. The number of rotatable bonds is 3. The number of halogens is 1. The molecular formula is C27H24ClN7O2. The number of nitrogens with two attached hydrogens (primary N) is 1. The Morgan fingerprint density at radius 2 is 1.81 bits per heavy atom. The number of hydrogen-bond donors (Lipinski definition) is 4. The van der Waals surface area contributed by atoms with E-state index in [9.17, 15) is 9.59 Å². The topological polar surface area (TPSA) is 127 Å². The molecular weight excluding hydrogens is 490 g/mol. The Morgan fingerprint density at radius 1 is 1.05 bits per heavy atom. The van der Waals surface area contributed by atoms with Crippen LogP contribution in [-0.2, 0) is 13.5 Å². The molecule has 9 nitrogen and oxygen atoms in total. The number of nitrogen functional groups attached to an aromatic ring is 1. The van der Waals surface area contributed by atoms with Crippen molar-refractivity contribution >= 4 is 41.7 Å². The molecule has 2 aromatic carbocycles. The molecule has 5 N–H and O–H groups in total. The number of urea groups is 1. The van der Waals surface area contributed by atoms with Crippen molar-refractivity contribution in [3.05, 3.63) is 89.2 Å². The Morgan fingerprint density at radius 3 is 2.59 bits per heavy atom. The molecule has 3 amide bonds. The lowest BCUT2D eigenvalue weighted by Crippen LogP contribution is -2.31. The molecule has 186 valence electrons. The number of para-hydroxylation sites is 1. The lowest BCUT2D eigenvalue weighted by molar-refractivity contribution is 0.0945. The predicted octanol–water partition coefficient (Wildman–Crippen LogP) is 3.82. The van der Waals surface area contributed by atoms with E-state index in [0.29, 0.717) is 40.3 Å². The number of nitrogens with zero attached hydrogens (tertiary/aromatic N) is 3. The largest absolute Gasteiger partial charge is 0.368 e. The zero-order chi connectivity index (χ0) is 25.1. The lowest BCUT2D eigenvalue weighted by Gasteiger charge is -2.14. The van der Waals surface area contributed by atoms with E-state index in [1.165, 1.54) is 0 Å². The molecule has 0 aliphatic carbocycles. The monoisotopic (exact) mass is 513 g/mol. The second kappa shape index (κ2) is 10.8. The van der Waals surface area contributed by atoms with Gasteiger partial charge in [0, 0.05) is 48.8 Å². The van der Waals surface area contributed by atoms with Crippen LogP contribution in [0.3, 0.4) is 0 Å². The van der Waals surface area contributed by atoms with Gasteiger partial charge in [0.1, 0.15) is 5.69 Å². The van der Waals surface area contributed by atoms with Crippen LogP contribution >= 0.6 is 12.4 Å². The molecule has 1 aliphatic rings. The zero-order valence-electron chi connectivity index (χ0n) is 19.9. The molecule has 10 heteroatoms. The van der Waals surface area contributed by atoms with E-state index < -0.39 is 0 Å². The summed E-state index contributed by atoms with van der Waals surface area (Å²) < 4.78 is 1.96. The van der Waals surface area contributed by atoms with E-state index in [0.717, 1.165) is 17.8 Å². The van der Waals surface area contributed by atoms with Gasteiger partial charge in [0.05, 0.1) is 16.8 Å². The van der Waals surface area contributed by atoms with E-state index in [2.05, 4.69) is 37.8 Å². The Balaban J connectivity index is 0.00000320. The third-order valence-electron chi connectivity index (χ3n) is 5.79. The van der Waals surface area contributed by atoms with Gasteiger partial charge in [0.25, 0.3) is 5.91 Å². The molecule has 0 fully saturated rings. The van der Waals surface area contributed by atoms with Gasteiger partial charge in [-0.2, -0.15) is 0 Å². The van der Waals surface area contributed by atoms with Gasteiger partial charge in [0.15, 0.2) is 0 Å². The summed E-state index contributed by atoms with van der Waals surface area (Å²) in [6, 6.07) is 17.9. The molecule has 1 aliphatic heterocycles.